The van der Waals surface area contributed by atoms with Crippen molar-refractivity contribution >= 4 is 29.1 Å². The second kappa shape index (κ2) is 8.17. The Bertz CT molecular complexity index is 750. The minimum atomic E-state index is -0.344. The lowest BCUT2D eigenvalue weighted by Crippen LogP contribution is -2.40. The number of benzene rings is 1. The molecule has 1 saturated heterocycles. The molecule has 0 radical (unpaired) electrons. The number of nitrogens with zero attached hydrogens (tertiary/aromatic N) is 3. The zero-order valence-electron chi connectivity index (χ0n) is 14.0. The molecule has 2 aromatic rings. The Morgan fingerprint density at radius 1 is 1.40 bits per heavy atom. The Kier molecular flexibility index (Phi) is 5.93. The van der Waals surface area contributed by atoms with E-state index in [-0.39, 0.29) is 11.8 Å². The zero-order chi connectivity index (χ0) is 17.8. The fourth-order valence-electron chi connectivity index (χ4n) is 3.07. The Labute approximate surface area is 156 Å². The molecule has 1 aromatic carbocycles. The number of hydrogen-bond acceptors (Lipinski definition) is 5. The quantitative estimate of drug-likeness (QED) is 0.830. The van der Waals surface area contributed by atoms with E-state index in [1.165, 1.54) is 6.42 Å². The van der Waals surface area contributed by atoms with Crippen molar-refractivity contribution in [2.24, 2.45) is 0 Å². The van der Waals surface area contributed by atoms with Crippen molar-refractivity contribution in [1.29, 1.82) is 0 Å². The molecule has 1 aromatic heterocycles. The molecular weight excluding hydrogens is 363 g/mol. The zero-order valence-corrected chi connectivity index (χ0v) is 15.5. The summed E-state index contributed by atoms with van der Waals surface area (Å²) >= 11 is 12.0. The fraction of sp³-hybridized carbons (Fsp3) is 0.471. The molecule has 0 saturated carbocycles. The van der Waals surface area contributed by atoms with Crippen molar-refractivity contribution in [2.45, 2.75) is 32.2 Å². The Hall–Kier alpha value is -1.63. The second-order valence-electron chi connectivity index (χ2n) is 6.05. The fourth-order valence-corrected chi connectivity index (χ4v) is 3.55. The lowest BCUT2D eigenvalue weighted by Gasteiger charge is -2.22. The lowest BCUT2D eigenvalue weighted by molar-refractivity contribution is 0.0905. The summed E-state index contributed by atoms with van der Waals surface area (Å²) in [5, 5.41) is 11.7. The maximum atomic E-state index is 12.2. The van der Waals surface area contributed by atoms with Gasteiger partial charge in [0.2, 0.25) is 5.89 Å². The molecule has 1 aliphatic heterocycles. The highest BCUT2D eigenvalue weighted by Gasteiger charge is 2.24. The number of likely N-dealkylation sites (N-methyl/N-ethyl adjacent to an activating group) is 1. The average molecular weight is 383 g/mol. The molecule has 25 heavy (non-hydrogen) atoms. The number of hydrogen-bond donors (Lipinski definition) is 1. The van der Waals surface area contributed by atoms with Crippen molar-refractivity contribution < 1.29 is 9.21 Å². The van der Waals surface area contributed by atoms with Gasteiger partial charge < -0.3 is 9.73 Å². The van der Waals surface area contributed by atoms with Gasteiger partial charge >= 0.3 is 11.8 Å². The SMILES string of the molecule is CCN1CCCC1CNC(=O)c1nnc(Cc2ccc(Cl)cc2Cl)o1. The molecule has 1 N–H and O–H groups in total. The van der Waals surface area contributed by atoms with Gasteiger partial charge in [-0.3, -0.25) is 9.69 Å². The smallest absolute Gasteiger partial charge is 0.308 e. The summed E-state index contributed by atoms with van der Waals surface area (Å²) in [6.45, 7) is 4.80. The molecule has 1 aliphatic rings. The van der Waals surface area contributed by atoms with Crippen LogP contribution in [0, 0.1) is 0 Å². The standard InChI is InChI=1S/C17H20Cl2N4O2/c1-2-23-7-3-4-13(23)10-20-16(24)17-22-21-15(25-17)8-11-5-6-12(18)9-14(11)19/h5-6,9,13H,2-4,7-8,10H2,1H3,(H,20,24). The number of amides is 1. The van der Waals surface area contributed by atoms with Crippen LogP contribution in [0.4, 0.5) is 0 Å². The summed E-state index contributed by atoms with van der Waals surface area (Å²) in [5.41, 5.74) is 0.811. The van der Waals surface area contributed by atoms with Gasteiger partial charge in [-0.05, 0) is 43.6 Å². The van der Waals surface area contributed by atoms with E-state index in [9.17, 15) is 4.79 Å². The monoisotopic (exact) mass is 382 g/mol. The van der Waals surface area contributed by atoms with Gasteiger partial charge in [-0.25, -0.2) is 0 Å². The van der Waals surface area contributed by atoms with Gasteiger partial charge in [0.1, 0.15) is 0 Å². The van der Waals surface area contributed by atoms with E-state index in [0.717, 1.165) is 25.1 Å². The van der Waals surface area contributed by atoms with Gasteiger partial charge in [-0.2, -0.15) is 0 Å². The molecule has 6 nitrogen and oxygen atoms in total. The largest absolute Gasteiger partial charge is 0.417 e. The first kappa shape index (κ1) is 18.2. The van der Waals surface area contributed by atoms with Gasteiger partial charge in [0.25, 0.3) is 0 Å². The highest BCUT2D eigenvalue weighted by Crippen LogP contribution is 2.23. The van der Waals surface area contributed by atoms with Gasteiger partial charge in [0.05, 0.1) is 6.42 Å². The van der Waals surface area contributed by atoms with Crippen molar-refractivity contribution in [3.8, 4) is 0 Å². The highest BCUT2D eigenvalue weighted by atomic mass is 35.5. The van der Waals surface area contributed by atoms with Crippen molar-refractivity contribution in [2.75, 3.05) is 19.6 Å². The van der Waals surface area contributed by atoms with Gasteiger partial charge in [-0.15, -0.1) is 10.2 Å². The number of rotatable bonds is 6. The number of aromatic nitrogens is 2. The molecule has 0 bridgehead atoms. The minimum absolute atomic E-state index is 0.0267. The predicted octanol–water partition coefficient (Wildman–Crippen LogP) is 3.18. The highest BCUT2D eigenvalue weighted by molar-refractivity contribution is 6.35. The number of nitrogens with one attached hydrogen (secondary N) is 1. The number of halogens is 2. The van der Waals surface area contributed by atoms with Crippen LogP contribution in [-0.4, -0.2) is 46.7 Å². The normalized spacial score (nSPS) is 17.8. The maximum Gasteiger partial charge on any atom is 0.308 e. The van der Waals surface area contributed by atoms with Crippen LogP contribution in [0.2, 0.25) is 10.0 Å². The molecule has 8 heteroatoms. The molecule has 0 aliphatic carbocycles. The van der Waals surface area contributed by atoms with Crippen LogP contribution in [-0.2, 0) is 6.42 Å². The molecular formula is C17H20Cl2N4O2. The molecule has 0 spiro atoms. The summed E-state index contributed by atoms with van der Waals surface area (Å²) < 4.78 is 5.46. The summed E-state index contributed by atoms with van der Waals surface area (Å²) in [6, 6.07) is 5.58. The van der Waals surface area contributed by atoms with E-state index in [2.05, 4.69) is 27.3 Å². The maximum absolute atomic E-state index is 12.2. The third-order valence-corrected chi connectivity index (χ3v) is 5.01. The van der Waals surface area contributed by atoms with E-state index in [1.54, 1.807) is 18.2 Å². The third kappa shape index (κ3) is 4.51. The van der Waals surface area contributed by atoms with Crippen molar-refractivity contribution in [3.63, 3.8) is 0 Å². The summed E-state index contributed by atoms with van der Waals surface area (Å²) in [5.74, 6) is -0.0320. The third-order valence-electron chi connectivity index (χ3n) is 4.42. The molecule has 1 fully saturated rings. The van der Waals surface area contributed by atoms with Crippen LogP contribution in [0.5, 0.6) is 0 Å². The van der Waals surface area contributed by atoms with E-state index in [0.29, 0.717) is 34.9 Å². The number of likely N-dealkylation sites (tertiary alicyclic amines) is 1. The van der Waals surface area contributed by atoms with Crippen LogP contribution < -0.4 is 5.32 Å². The Balaban J connectivity index is 1.58. The first-order valence-corrected chi connectivity index (χ1v) is 9.11. The van der Waals surface area contributed by atoms with E-state index < -0.39 is 0 Å². The predicted molar refractivity (Wildman–Crippen MR) is 96.2 cm³/mol. The topological polar surface area (TPSA) is 71.3 Å². The molecule has 1 atom stereocenters. The molecule has 134 valence electrons. The van der Waals surface area contributed by atoms with E-state index >= 15 is 0 Å². The number of carbonyl (C=O) groups excluding carboxylic acids is 1. The van der Waals surface area contributed by atoms with Gasteiger partial charge in [0, 0.05) is 22.6 Å². The Morgan fingerprint density at radius 2 is 2.24 bits per heavy atom. The molecule has 1 amide bonds. The van der Waals surface area contributed by atoms with Gasteiger partial charge in [-0.1, -0.05) is 36.2 Å². The summed E-state index contributed by atoms with van der Waals surface area (Å²) in [4.78, 5) is 14.6. The Morgan fingerprint density at radius 3 is 3.00 bits per heavy atom. The lowest BCUT2D eigenvalue weighted by atomic mass is 10.1. The van der Waals surface area contributed by atoms with Crippen LogP contribution in [0.15, 0.2) is 22.6 Å². The van der Waals surface area contributed by atoms with E-state index in [4.69, 9.17) is 27.6 Å². The minimum Gasteiger partial charge on any atom is -0.417 e. The van der Waals surface area contributed by atoms with Crippen LogP contribution in [0.1, 0.15) is 41.9 Å². The van der Waals surface area contributed by atoms with Crippen LogP contribution >= 0.6 is 23.2 Å². The first-order valence-electron chi connectivity index (χ1n) is 8.35. The van der Waals surface area contributed by atoms with Crippen LogP contribution in [0.25, 0.3) is 0 Å². The van der Waals surface area contributed by atoms with Crippen molar-refractivity contribution in [3.05, 3.63) is 45.6 Å². The number of carbonyl (C=O) groups is 1. The summed E-state index contributed by atoms with van der Waals surface area (Å²) in [7, 11) is 0. The van der Waals surface area contributed by atoms with Gasteiger partial charge in [0.15, 0.2) is 0 Å². The molecule has 1 unspecified atom stereocenters. The second-order valence-corrected chi connectivity index (χ2v) is 6.89. The molecule has 3 rings (SSSR count). The first-order chi connectivity index (χ1) is 12.1. The molecule has 2 heterocycles. The van der Waals surface area contributed by atoms with Crippen molar-refractivity contribution in [1.82, 2.24) is 20.4 Å². The summed E-state index contributed by atoms with van der Waals surface area (Å²) in [6.07, 6.45) is 2.61. The van der Waals surface area contributed by atoms with Crippen LogP contribution in [0.3, 0.4) is 0 Å². The van der Waals surface area contributed by atoms with E-state index in [1.807, 2.05) is 0 Å². The average Bonchev–Trinajstić information content (AvgIpc) is 3.24.